The molecular formula is C17H17NO2. The fourth-order valence-electron chi connectivity index (χ4n) is 1.94. The number of benzene rings is 2. The van der Waals surface area contributed by atoms with E-state index in [1.165, 1.54) is 5.56 Å². The first-order valence-corrected chi connectivity index (χ1v) is 6.48. The molecule has 2 rings (SSSR count). The predicted octanol–water partition coefficient (Wildman–Crippen LogP) is 4.02. The smallest absolute Gasteiger partial charge is 0.134 e. The predicted molar refractivity (Wildman–Crippen MR) is 77.8 cm³/mol. The summed E-state index contributed by atoms with van der Waals surface area (Å²) in [6.07, 6.45) is -0.649. The van der Waals surface area contributed by atoms with Crippen molar-refractivity contribution in [2.24, 2.45) is 0 Å². The molecule has 0 saturated heterocycles. The minimum atomic E-state index is -0.649. The zero-order chi connectivity index (χ0) is 14.7. The lowest BCUT2D eigenvalue weighted by Crippen LogP contribution is -1.97. The summed E-state index contributed by atoms with van der Waals surface area (Å²) in [5.74, 6) is 1.22. The van der Waals surface area contributed by atoms with Gasteiger partial charge in [0.15, 0.2) is 0 Å². The molecule has 0 aromatic heterocycles. The van der Waals surface area contributed by atoms with Gasteiger partial charge in [-0.05, 0) is 56.2 Å². The molecule has 3 nitrogen and oxygen atoms in total. The monoisotopic (exact) mass is 267 g/mol. The third kappa shape index (κ3) is 2.98. The quantitative estimate of drug-likeness (QED) is 0.913. The topological polar surface area (TPSA) is 53.2 Å². The van der Waals surface area contributed by atoms with Gasteiger partial charge in [-0.2, -0.15) is 5.26 Å². The average molecular weight is 267 g/mol. The first-order chi connectivity index (χ1) is 9.51. The lowest BCUT2D eigenvalue weighted by atomic mass is 10.1. The van der Waals surface area contributed by atoms with E-state index in [1.54, 1.807) is 25.1 Å². The van der Waals surface area contributed by atoms with Crippen LogP contribution >= 0.6 is 0 Å². The third-order valence-corrected chi connectivity index (χ3v) is 3.30. The molecule has 0 radical (unpaired) electrons. The third-order valence-electron chi connectivity index (χ3n) is 3.30. The molecule has 0 heterocycles. The Morgan fingerprint density at radius 2 is 1.85 bits per heavy atom. The highest BCUT2D eigenvalue weighted by Gasteiger charge is 2.11. The molecule has 0 aliphatic heterocycles. The van der Waals surface area contributed by atoms with Crippen molar-refractivity contribution in [1.29, 1.82) is 5.26 Å². The number of nitrogens with zero attached hydrogens (tertiary/aromatic N) is 1. The van der Waals surface area contributed by atoms with E-state index in [4.69, 9.17) is 10.00 Å². The van der Waals surface area contributed by atoms with Gasteiger partial charge >= 0.3 is 0 Å². The maximum absolute atomic E-state index is 9.78. The van der Waals surface area contributed by atoms with E-state index in [2.05, 4.69) is 6.07 Å². The van der Waals surface area contributed by atoms with Crippen molar-refractivity contribution in [3.63, 3.8) is 0 Å². The second-order valence-electron chi connectivity index (χ2n) is 4.89. The molecular weight excluding hydrogens is 250 g/mol. The van der Waals surface area contributed by atoms with Gasteiger partial charge in [-0.3, -0.25) is 0 Å². The Morgan fingerprint density at radius 3 is 2.45 bits per heavy atom. The van der Waals surface area contributed by atoms with Crippen LogP contribution in [0.1, 0.15) is 35.3 Å². The molecule has 0 bridgehead atoms. The van der Waals surface area contributed by atoms with Crippen molar-refractivity contribution in [2.75, 3.05) is 0 Å². The zero-order valence-corrected chi connectivity index (χ0v) is 11.8. The second kappa shape index (κ2) is 5.77. The zero-order valence-electron chi connectivity index (χ0n) is 11.8. The van der Waals surface area contributed by atoms with Crippen LogP contribution in [0.4, 0.5) is 0 Å². The Labute approximate surface area is 119 Å². The van der Waals surface area contributed by atoms with E-state index >= 15 is 0 Å². The highest BCUT2D eigenvalue weighted by atomic mass is 16.5. The molecule has 20 heavy (non-hydrogen) atoms. The molecule has 1 atom stereocenters. The van der Waals surface area contributed by atoms with Crippen LogP contribution < -0.4 is 4.74 Å². The summed E-state index contributed by atoms with van der Waals surface area (Å²) in [5, 5.41) is 18.8. The fourth-order valence-corrected chi connectivity index (χ4v) is 1.94. The molecule has 0 amide bonds. The molecule has 2 aromatic carbocycles. The van der Waals surface area contributed by atoms with Crippen LogP contribution in [0, 0.1) is 25.2 Å². The SMILES string of the molecule is Cc1ccc(Oc2cc(C#N)ccc2[C@@H](C)O)cc1C. The molecule has 0 aliphatic carbocycles. The Kier molecular flexibility index (Phi) is 4.07. The van der Waals surface area contributed by atoms with Crippen molar-refractivity contribution >= 4 is 0 Å². The Morgan fingerprint density at radius 1 is 1.10 bits per heavy atom. The molecule has 0 aliphatic rings. The number of hydrogen-bond acceptors (Lipinski definition) is 3. The van der Waals surface area contributed by atoms with Gasteiger partial charge in [0.25, 0.3) is 0 Å². The van der Waals surface area contributed by atoms with Crippen molar-refractivity contribution in [1.82, 2.24) is 0 Å². The number of aliphatic hydroxyl groups excluding tert-OH is 1. The average Bonchev–Trinajstić information content (AvgIpc) is 2.42. The molecule has 1 N–H and O–H groups in total. The molecule has 0 saturated carbocycles. The number of rotatable bonds is 3. The highest BCUT2D eigenvalue weighted by molar-refractivity contribution is 5.46. The van der Waals surface area contributed by atoms with Crippen molar-refractivity contribution in [2.45, 2.75) is 26.9 Å². The maximum Gasteiger partial charge on any atom is 0.134 e. The minimum Gasteiger partial charge on any atom is -0.457 e. The van der Waals surface area contributed by atoms with Crippen LogP contribution in [0.5, 0.6) is 11.5 Å². The van der Waals surface area contributed by atoms with Gasteiger partial charge in [0.1, 0.15) is 11.5 Å². The van der Waals surface area contributed by atoms with Gasteiger partial charge < -0.3 is 9.84 Å². The van der Waals surface area contributed by atoms with E-state index in [0.717, 1.165) is 5.56 Å². The van der Waals surface area contributed by atoms with E-state index in [0.29, 0.717) is 22.6 Å². The van der Waals surface area contributed by atoms with E-state index in [1.807, 2.05) is 32.0 Å². The van der Waals surface area contributed by atoms with Crippen LogP contribution in [-0.4, -0.2) is 5.11 Å². The normalized spacial score (nSPS) is 11.8. The van der Waals surface area contributed by atoms with Crippen molar-refractivity contribution in [3.05, 3.63) is 58.7 Å². The summed E-state index contributed by atoms with van der Waals surface area (Å²) in [6.45, 7) is 5.73. The first-order valence-electron chi connectivity index (χ1n) is 6.48. The highest BCUT2D eigenvalue weighted by Crippen LogP contribution is 2.31. The molecule has 0 spiro atoms. The largest absolute Gasteiger partial charge is 0.457 e. The van der Waals surface area contributed by atoms with Crippen LogP contribution in [-0.2, 0) is 0 Å². The minimum absolute atomic E-state index is 0.508. The van der Waals surface area contributed by atoms with Crippen LogP contribution in [0.3, 0.4) is 0 Å². The van der Waals surface area contributed by atoms with E-state index in [9.17, 15) is 5.11 Å². The lowest BCUT2D eigenvalue weighted by molar-refractivity contribution is 0.195. The fraction of sp³-hybridized carbons (Fsp3) is 0.235. The van der Waals surface area contributed by atoms with Gasteiger partial charge in [0.2, 0.25) is 0 Å². The van der Waals surface area contributed by atoms with E-state index in [-0.39, 0.29) is 0 Å². The second-order valence-corrected chi connectivity index (χ2v) is 4.89. The summed E-state index contributed by atoms with van der Waals surface area (Å²) in [7, 11) is 0. The number of aryl methyl sites for hydroxylation is 2. The standard InChI is InChI=1S/C17H17NO2/c1-11-4-6-15(8-12(11)2)20-17-9-14(10-18)5-7-16(17)13(3)19/h4-9,13,19H,1-3H3/t13-/m1/s1. The Balaban J connectivity index is 2.40. The summed E-state index contributed by atoms with van der Waals surface area (Å²) in [4.78, 5) is 0. The Hall–Kier alpha value is -2.31. The van der Waals surface area contributed by atoms with Gasteiger partial charge in [0, 0.05) is 5.56 Å². The van der Waals surface area contributed by atoms with Crippen molar-refractivity contribution in [3.8, 4) is 17.6 Å². The molecule has 0 fully saturated rings. The van der Waals surface area contributed by atoms with Gasteiger partial charge in [0.05, 0.1) is 17.7 Å². The van der Waals surface area contributed by atoms with Gasteiger partial charge in [-0.15, -0.1) is 0 Å². The number of hydrogen-bond donors (Lipinski definition) is 1. The van der Waals surface area contributed by atoms with Gasteiger partial charge in [-0.1, -0.05) is 12.1 Å². The molecule has 102 valence electrons. The molecule has 2 aromatic rings. The summed E-state index contributed by atoms with van der Waals surface area (Å²) in [5.41, 5.74) is 3.51. The van der Waals surface area contributed by atoms with Gasteiger partial charge in [-0.25, -0.2) is 0 Å². The van der Waals surface area contributed by atoms with Crippen molar-refractivity contribution < 1.29 is 9.84 Å². The number of ether oxygens (including phenoxy) is 1. The van der Waals surface area contributed by atoms with Crippen LogP contribution in [0.25, 0.3) is 0 Å². The van der Waals surface area contributed by atoms with E-state index < -0.39 is 6.10 Å². The molecule has 3 heteroatoms. The maximum atomic E-state index is 9.78. The molecule has 0 unspecified atom stereocenters. The van der Waals surface area contributed by atoms with Crippen LogP contribution in [0.2, 0.25) is 0 Å². The summed E-state index contributed by atoms with van der Waals surface area (Å²) >= 11 is 0. The number of nitriles is 1. The summed E-state index contributed by atoms with van der Waals surface area (Å²) in [6, 6.07) is 12.9. The summed E-state index contributed by atoms with van der Waals surface area (Å²) < 4.78 is 5.84. The Bertz CT molecular complexity index is 669. The van der Waals surface area contributed by atoms with Crippen LogP contribution in [0.15, 0.2) is 36.4 Å². The number of aliphatic hydroxyl groups is 1. The lowest BCUT2D eigenvalue weighted by Gasteiger charge is -2.14. The first kappa shape index (κ1) is 14.1.